The summed E-state index contributed by atoms with van der Waals surface area (Å²) in [6.07, 6.45) is 0. The van der Waals surface area contributed by atoms with Gasteiger partial charge in [-0.25, -0.2) is 0 Å². The van der Waals surface area contributed by atoms with E-state index in [2.05, 4.69) is 182 Å². The van der Waals surface area contributed by atoms with Crippen LogP contribution in [0, 0.1) is 6.92 Å². The van der Waals surface area contributed by atoms with E-state index in [1.54, 1.807) is 0 Å². The fourth-order valence-electron chi connectivity index (χ4n) is 7.02. The molecule has 2 heteroatoms. The van der Waals surface area contributed by atoms with E-state index >= 15 is 0 Å². The van der Waals surface area contributed by atoms with Gasteiger partial charge in [0.2, 0.25) is 0 Å². The zero-order valence-electron chi connectivity index (χ0n) is 26.0. The monoisotopic (exact) mass is 601 g/mol. The van der Waals surface area contributed by atoms with Gasteiger partial charge in [-0.05, 0) is 99.3 Å². The van der Waals surface area contributed by atoms with Crippen LogP contribution in [0.2, 0.25) is 0 Å². The molecule has 0 fully saturated rings. The molecule has 9 rings (SSSR count). The topological polar surface area (TPSA) is 16.4 Å². The van der Waals surface area contributed by atoms with Gasteiger partial charge in [0.25, 0.3) is 0 Å². The van der Waals surface area contributed by atoms with E-state index in [1.807, 2.05) is 0 Å². The number of para-hydroxylation sites is 1. The lowest BCUT2D eigenvalue weighted by atomic mass is 9.93. The number of fused-ring (bicyclic) bond motifs is 6. The van der Waals surface area contributed by atoms with Gasteiger partial charge in [0.05, 0.1) is 5.69 Å². The molecule has 0 N–H and O–H groups in total. The van der Waals surface area contributed by atoms with Crippen molar-refractivity contribution in [3.05, 3.63) is 175 Å². The minimum Gasteiger partial charge on any atom is -0.454 e. The number of aryl methyl sites for hydroxylation is 1. The Hall–Kier alpha value is -6.12. The molecule has 2 nitrogen and oxygen atoms in total. The van der Waals surface area contributed by atoms with E-state index in [0.29, 0.717) is 0 Å². The summed E-state index contributed by atoms with van der Waals surface area (Å²) in [4.78, 5) is 2.31. The second kappa shape index (κ2) is 11.0. The van der Waals surface area contributed by atoms with Crippen LogP contribution in [0.3, 0.4) is 0 Å². The molecule has 222 valence electrons. The van der Waals surface area contributed by atoms with Gasteiger partial charge < -0.3 is 9.32 Å². The maximum atomic E-state index is 6.60. The van der Waals surface area contributed by atoms with Crippen LogP contribution in [0.4, 0.5) is 17.1 Å². The van der Waals surface area contributed by atoms with Gasteiger partial charge in [-0.2, -0.15) is 0 Å². The number of rotatable bonds is 5. The summed E-state index contributed by atoms with van der Waals surface area (Å²) in [6.45, 7) is 2.13. The Bertz CT molecular complexity index is 2560. The molecule has 0 saturated heterocycles. The first kappa shape index (κ1) is 27.2. The van der Waals surface area contributed by atoms with E-state index in [0.717, 1.165) is 39.0 Å². The molecule has 1 aromatic heterocycles. The smallest absolute Gasteiger partial charge is 0.159 e. The molecular weight excluding hydrogens is 571 g/mol. The molecule has 0 unspecified atom stereocenters. The third-order valence-corrected chi connectivity index (χ3v) is 9.31. The molecule has 47 heavy (non-hydrogen) atoms. The molecule has 0 saturated carbocycles. The number of benzene rings is 8. The summed E-state index contributed by atoms with van der Waals surface area (Å²) in [5.41, 5.74) is 10.9. The molecule has 1 heterocycles. The highest BCUT2D eigenvalue weighted by Crippen LogP contribution is 2.43. The Morgan fingerprint density at radius 2 is 1.04 bits per heavy atom. The third kappa shape index (κ3) is 4.65. The second-order valence-electron chi connectivity index (χ2n) is 12.2. The highest BCUT2D eigenvalue weighted by atomic mass is 16.3. The molecule has 0 aliphatic heterocycles. The number of nitrogens with zero attached hydrogens (tertiary/aromatic N) is 1. The van der Waals surface area contributed by atoms with Crippen LogP contribution in [-0.4, -0.2) is 0 Å². The standard InChI is InChI=1S/C45H31NO/c1-30-18-27-44-42(28-30)40-16-9-17-43(45(40)47-44)46(35-23-19-32(20-24-35)31-10-3-2-4-11-31)36-25-21-33(22-26-36)41-29-34-12-5-6-13-37(34)38-14-7-8-15-39(38)41/h2-29H,1H3. The summed E-state index contributed by atoms with van der Waals surface area (Å²) < 4.78 is 6.60. The Balaban J connectivity index is 1.21. The summed E-state index contributed by atoms with van der Waals surface area (Å²) >= 11 is 0. The lowest BCUT2D eigenvalue weighted by Gasteiger charge is -2.26. The van der Waals surface area contributed by atoms with Crippen LogP contribution < -0.4 is 4.90 Å². The molecule has 0 spiro atoms. The average molecular weight is 602 g/mol. The van der Waals surface area contributed by atoms with Gasteiger partial charge in [-0.1, -0.05) is 127 Å². The van der Waals surface area contributed by atoms with Gasteiger partial charge in [0.15, 0.2) is 5.58 Å². The number of anilines is 3. The summed E-state index contributed by atoms with van der Waals surface area (Å²) in [7, 11) is 0. The van der Waals surface area contributed by atoms with Crippen LogP contribution in [0.1, 0.15) is 5.56 Å². The Kier molecular flexibility index (Phi) is 6.39. The quantitative estimate of drug-likeness (QED) is 0.182. The largest absolute Gasteiger partial charge is 0.454 e. The van der Waals surface area contributed by atoms with E-state index in [4.69, 9.17) is 4.42 Å². The number of hydrogen-bond donors (Lipinski definition) is 0. The highest BCUT2D eigenvalue weighted by Gasteiger charge is 2.20. The molecule has 0 atom stereocenters. The SMILES string of the molecule is Cc1ccc2oc3c(N(c4ccc(-c5ccccc5)cc4)c4ccc(-c5cc6ccccc6c6ccccc56)cc4)cccc3c2c1. The molecule has 0 aliphatic rings. The predicted molar refractivity (Wildman–Crippen MR) is 199 cm³/mol. The molecule has 0 aliphatic carbocycles. The zero-order chi connectivity index (χ0) is 31.3. The van der Waals surface area contributed by atoms with Crippen molar-refractivity contribution in [1.29, 1.82) is 0 Å². The Labute approximate surface area is 273 Å². The average Bonchev–Trinajstić information content (AvgIpc) is 3.51. The van der Waals surface area contributed by atoms with Gasteiger partial charge in [-0.15, -0.1) is 0 Å². The minimum absolute atomic E-state index is 0.879. The van der Waals surface area contributed by atoms with E-state index in [-0.39, 0.29) is 0 Å². The third-order valence-electron chi connectivity index (χ3n) is 9.31. The van der Waals surface area contributed by atoms with Gasteiger partial charge in [-0.3, -0.25) is 0 Å². The lowest BCUT2D eigenvalue weighted by molar-refractivity contribution is 0.669. The van der Waals surface area contributed by atoms with Gasteiger partial charge in [0.1, 0.15) is 5.58 Å². The minimum atomic E-state index is 0.879. The van der Waals surface area contributed by atoms with Crippen molar-refractivity contribution in [2.75, 3.05) is 4.90 Å². The molecule has 0 radical (unpaired) electrons. The fraction of sp³-hybridized carbons (Fsp3) is 0.0222. The highest BCUT2D eigenvalue weighted by molar-refractivity contribution is 6.14. The van der Waals surface area contributed by atoms with Crippen molar-refractivity contribution in [2.45, 2.75) is 6.92 Å². The summed E-state index contributed by atoms with van der Waals surface area (Å²) in [6, 6.07) is 60.9. The number of hydrogen-bond acceptors (Lipinski definition) is 2. The molecule has 0 bridgehead atoms. The van der Waals surface area contributed by atoms with Gasteiger partial charge >= 0.3 is 0 Å². The first-order chi connectivity index (χ1) is 23.2. The van der Waals surface area contributed by atoms with E-state index < -0.39 is 0 Å². The van der Waals surface area contributed by atoms with Crippen LogP contribution in [0.15, 0.2) is 174 Å². The van der Waals surface area contributed by atoms with Crippen molar-refractivity contribution in [1.82, 2.24) is 0 Å². The van der Waals surface area contributed by atoms with Crippen molar-refractivity contribution in [2.24, 2.45) is 0 Å². The fourth-order valence-corrected chi connectivity index (χ4v) is 7.02. The maximum Gasteiger partial charge on any atom is 0.159 e. The lowest BCUT2D eigenvalue weighted by Crippen LogP contribution is -2.10. The maximum absolute atomic E-state index is 6.60. The summed E-state index contributed by atoms with van der Waals surface area (Å²) in [5.74, 6) is 0. The van der Waals surface area contributed by atoms with Crippen molar-refractivity contribution >= 4 is 60.5 Å². The van der Waals surface area contributed by atoms with Crippen LogP contribution in [0.25, 0.3) is 65.7 Å². The molecule has 8 aromatic carbocycles. The Morgan fingerprint density at radius 1 is 0.426 bits per heavy atom. The first-order valence-corrected chi connectivity index (χ1v) is 16.1. The van der Waals surface area contributed by atoms with E-state index in [9.17, 15) is 0 Å². The van der Waals surface area contributed by atoms with Crippen molar-refractivity contribution < 1.29 is 4.42 Å². The molecular formula is C45H31NO. The van der Waals surface area contributed by atoms with Crippen LogP contribution >= 0.6 is 0 Å². The van der Waals surface area contributed by atoms with Crippen molar-refractivity contribution in [3.63, 3.8) is 0 Å². The first-order valence-electron chi connectivity index (χ1n) is 16.1. The predicted octanol–water partition coefficient (Wildman–Crippen LogP) is 13.0. The molecule has 0 amide bonds. The zero-order valence-corrected chi connectivity index (χ0v) is 26.0. The van der Waals surface area contributed by atoms with Crippen LogP contribution in [0.5, 0.6) is 0 Å². The van der Waals surface area contributed by atoms with Gasteiger partial charge in [0, 0.05) is 22.1 Å². The second-order valence-corrected chi connectivity index (χ2v) is 12.2. The van der Waals surface area contributed by atoms with E-state index in [1.165, 1.54) is 49.4 Å². The number of furan rings is 1. The Morgan fingerprint density at radius 3 is 1.81 bits per heavy atom. The van der Waals surface area contributed by atoms with Crippen LogP contribution in [-0.2, 0) is 0 Å². The summed E-state index contributed by atoms with van der Waals surface area (Å²) in [5, 5.41) is 7.32. The van der Waals surface area contributed by atoms with Crippen molar-refractivity contribution in [3.8, 4) is 22.3 Å². The molecule has 9 aromatic rings. The normalized spacial score (nSPS) is 11.5.